The van der Waals surface area contributed by atoms with E-state index in [1.807, 2.05) is 49.4 Å². The van der Waals surface area contributed by atoms with E-state index in [9.17, 15) is 4.79 Å². The molecule has 2 aromatic rings. The van der Waals surface area contributed by atoms with Crippen LogP contribution >= 0.6 is 11.6 Å². The molecule has 0 fully saturated rings. The first-order chi connectivity index (χ1) is 15.5. The van der Waals surface area contributed by atoms with Crippen molar-refractivity contribution in [2.45, 2.75) is 58.4 Å². The molecule has 0 radical (unpaired) electrons. The van der Waals surface area contributed by atoms with Crippen molar-refractivity contribution in [2.24, 2.45) is 0 Å². The summed E-state index contributed by atoms with van der Waals surface area (Å²) >= 11 is 6.26. The largest absolute Gasteiger partial charge is 0.466 e. The van der Waals surface area contributed by atoms with Gasteiger partial charge >= 0.3 is 5.97 Å². The third-order valence-electron chi connectivity index (χ3n) is 6.03. The second-order valence-electron chi connectivity index (χ2n) is 9.73. The molecule has 2 N–H and O–H groups in total. The molecule has 5 nitrogen and oxygen atoms in total. The minimum Gasteiger partial charge on any atom is -0.466 e. The molecular formula is C26H39ClN2O3Si. The van der Waals surface area contributed by atoms with Crippen LogP contribution in [0.25, 0.3) is 0 Å². The van der Waals surface area contributed by atoms with Crippen molar-refractivity contribution >= 4 is 31.6 Å². The Bertz CT molecular complexity index is 882. The van der Waals surface area contributed by atoms with Crippen molar-refractivity contribution in [3.05, 3.63) is 64.7 Å². The molecule has 0 heterocycles. The normalized spacial score (nSPS) is 12.9. The van der Waals surface area contributed by atoms with E-state index in [1.165, 1.54) is 0 Å². The Morgan fingerprint density at radius 2 is 1.79 bits per heavy atom. The number of hydrogen-bond acceptors (Lipinski definition) is 5. The molecule has 0 aromatic heterocycles. The third kappa shape index (κ3) is 9.12. The van der Waals surface area contributed by atoms with E-state index in [0.29, 0.717) is 19.6 Å². The smallest absolute Gasteiger partial charge is 0.310 e. The van der Waals surface area contributed by atoms with Gasteiger partial charge in [0.2, 0.25) is 0 Å². The Hall–Kier alpha value is -1.86. The van der Waals surface area contributed by atoms with Gasteiger partial charge in [0, 0.05) is 30.3 Å². The van der Waals surface area contributed by atoms with Gasteiger partial charge in [0.25, 0.3) is 0 Å². The van der Waals surface area contributed by atoms with Gasteiger partial charge in [0.15, 0.2) is 8.32 Å². The minimum atomic E-state index is -1.94. The summed E-state index contributed by atoms with van der Waals surface area (Å²) in [5.41, 5.74) is 3.07. The van der Waals surface area contributed by atoms with Crippen LogP contribution in [0.3, 0.4) is 0 Å². The predicted molar refractivity (Wildman–Crippen MR) is 141 cm³/mol. The van der Waals surface area contributed by atoms with Crippen molar-refractivity contribution < 1.29 is 14.0 Å². The molecule has 182 valence electrons. The maximum atomic E-state index is 11.6. The molecule has 1 atom stereocenters. The van der Waals surface area contributed by atoms with E-state index in [4.69, 9.17) is 20.8 Å². The molecule has 0 amide bonds. The second-order valence-corrected chi connectivity index (χ2v) is 14.9. The van der Waals surface area contributed by atoms with Gasteiger partial charge in [0.05, 0.1) is 19.1 Å². The van der Waals surface area contributed by atoms with Gasteiger partial charge in [-0.15, -0.1) is 0 Å². The molecule has 33 heavy (non-hydrogen) atoms. The second kappa shape index (κ2) is 12.6. The van der Waals surface area contributed by atoms with Crippen LogP contribution in [-0.2, 0) is 20.4 Å². The fourth-order valence-electron chi connectivity index (χ4n) is 3.11. The molecule has 7 heteroatoms. The van der Waals surface area contributed by atoms with E-state index in [2.05, 4.69) is 50.6 Å². The van der Waals surface area contributed by atoms with Gasteiger partial charge in [-0.3, -0.25) is 4.79 Å². The quantitative estimate of drug-likeness (QED) is 0.210. The zero-order valence-corrected chi connectivity index (χ0v) is 22.6. The Morgan fingerprint density at radius 1 is 1.09 bits per heavy atom. The van der Waals surface area contributed by atoms with Crippen LogP contribution in [0.5, 0.6) is 0 Å². The van der Waals surface area contributed by atoms with Crippen LogP contribution in [0, 0.1) is 0 Å². The zero-order chi connectivity index (χ0) is 24.5. The maximum Gasteiger partial charge on any atom is 0.310 e. The van der Waals surface area contributed by atoms with Crippen LogP contribution in [0.4, 0.5) is 5.69 Å². The SMILES string of the molecule is CCOC(=O)Cc1ccc(NCCNC[C@H](O[Si](C)(C)C(C)(C)C)c2cccc(Cl)c2)cc1. The Labute approximate surface area is 205 Å². The molecule has 2 aromatic carbocycles. The number of carbonyl (C=O) groups excluding carboxylic acids is 1. The molecule has 0 aliphatic carbocycles. The van der Waals surface area contributed by atoms with Crippen molar-refractivity contribution in [2.75, 3.05) is 31.6 Å². The average Bonchev–Trinajstić information content (AvgIpc) is 2.73. The number of ether oxygens (including phenoxy) is 1. The van der Waals surface area contributed by atoms with Crippen molar-refractivity contribution in [1.29, 1.82) is 0 Å². The van der Waals surface area contributed by atoms with Gasteiger partial charge in [-0.05, 0) is 60.4 Å². The van der Waals surface area contributed by atoms with Gasteiger partial charge in [-0.1, -0.05) is 56.6 Å². The molecule has 2 rings (SSSR count). The molecule has 0 aliphatic rings. The molecule has 0 aliphatic heterocycles. The van der Waals surface area contributed by atoms with Crippen molar-refractivity contribution in [1.82, 2.24) is 5.32 Å². The first-order valence-corrected chi connectivity index (χ1v) is 14.9. The number of nitrogens with one attached hydrogen (secondary N) is 2. The van der Waals surface area contributed by atoms with E-state index in [1.54, 1.807) is 0 Å². The summed E-state index contributed by atoms with van der Waals surface area (Å²) in [5.74, 6) is -0.198. The molecule has 0 spiro atoms. The van der Waals surface area contributed by atoms with Crippen molar-refractivity contribution in [3.63, 3.8) is 0 Å². The Morgan fingerprint density at radius 3 is 2.39 bits per heavy atom. The van der Waals surface area contributed by atoms with E-state index in [-0.39, 0.29) is 17.1 Å². The highest BCUT2D eigenvalue weighted by molar-refractivity contribution is 6.74. The minimum absolute atomic E-state index is 0.0493. The molecular weight excluding hydrogens is 452 g/mol. The standard InChI is InChI=1S/C26H39ClN2O3Si/c1-7-31-25(30)17-20-11-13-23(14-12-20)29-16-15-28-19-24(21-9-8-10-22(27)18-21)32-33(5,6)26(2,3)4/h8-14,18,24,28-29H,7,15-17,19H2,1-6H3/t24-/m0/s1. The average molecular weight is 491 g/mol. The van der Waals surface area contributed by atoms with E-state index >= 15 is 0 Å². The number of anilines is 1. The van der Waals surface area contributed by atoms with Crippen LogP contribution in [0.15, 0.2) is 48.5 Å². The first-order valence-electron chi connectivity index (χ1n) is 11.6. The van der Waals surface area contributed by atoms with Crippen LogP contribution < -0.4 is 10.6 Å². The summed E-state index contributed by atoms with van der Waals surface area (Å²) < 4.78 is 11.7. The van der Waals surface area contributed by atoms with Crippen LogP contribution in [0.1, 0.15) is 44.9 Å². The number of carbonyl (C=O) groups is 1. The van der Waals surface area contributed by atoms with Gasteiger partial charge in [-0.25, -0.2) is 0 Å². The Balaban J connectivity index is 1.87. The lowest BCUT2D eigenvalue weighted by Crippen LogP contribution is -2.43. The fourth-order valence-corrected chi connectivity index (χ4v) is 4.60. The van der Waals surface area contributed by atoms with Crippen molar-refractivity contribution in [3.8, 4) is 0 Å². The molecule has 0 bridgehead atoms. The highest BCUT2D eigenvalue weighted by atomic mass is 35.5. The van der Waals surface area contributed by atoms with E-state index in [0.717, 1.165) is 34.9 Å². The highest BCUT2D eigenvalue weighted by Gasteiger charge is 2.39. The Kier molecular flexibility index (Phi) is 10.4. The number of rotatable bonds is 12. The monoisotopic (exact) mass is 490 g/mol. The number of benzene rings is 2. The lowest BCUT2D eigenvalue weighted by atomic mass is 10.1. The predicted octanol–water partition coefficient (Wildman–Crippen LogP) is 6.21. The fraction of sp³-hybridized carbons (Fsp3) is 0.500. The first kappa shape index (κ1) is 27.4. The number of esters is 1. The topological polar surface area (TPSA) is 59.6 Å². The summed E-state index contributed by atoms with van der Waals surface area (Å²) in [4.78, 5) is 11.6. The summed E-state index contributed by atoms with van der Waals surface area (Å²) in [6, 6.07) is 15.8. The summed E-state index contributed by atoms with van der Waals surface area (Å²) in [7, 11) is -1.94. The molecule has 0 saturated carbocycles. The van der Waals surface area contributed by atoms with Crippen LogP contribution in [0.2, 0.25) is 23.2 Å². The summed E-state index contributed by atoms with van der Waals surface area (Å²) in [6.07, 6.45) is 0.251. The van der Waals surface area contributed by atoms with Gasteiger partial charge in [-0.2, -0.15) is 0 Å². The molecule has 0 unspecified atom stereocenters. The van der Waals surface area contributed by atoms with E-state index < -0.39 is 8.32 Å². The van der Waals surface area contributed by atoms with Gasteiger partial charge < -0.3 is 19.8 Å². The lowest BCUT2D eigenvalue weighted by molar-refractivity contribution is -0.142. The number of hydrogen-bond donors (Lipinski definition) is 2. The summed E-state index contributed by atoms with van der Waals surface area (Å²) in [5, 5.41) is 7.80. The highest BCUT2D eigenvalue weighted by Crippen LogP contribution is 2.39. The maximum absolute atomic E-state index is 11.6. The lowest BCUT2D eigenvalue weighted by Gasteiger charge is -2.39. The number of halogens is 1. The van der Waals surface area contributed by atoms with Crippen LogP contribution in [-0.4, -0.2) is 40.5 Å². The zero-order valence-electron chi connectivity index (χ0n) is 20.8. The third-order valence-corrected chi connectivity index (χ3v) is 10.8. The van der Waals surface area contributed by atoms with Gasteiger partial charge in [0.1, 0.15) is 0 Å². The summed E-state index contributed by atoms with van der Waals surface area (Å²) in [6.45, 7) is 15.8. The molecule has 0 saturated heterocycles.